The number of thioether (sulfide) groups is 1. The third kappa shape index (κ3) is 3.62. The van der Waals surface area contributed by atoms with Crippen molar-refractivity contribution in [2.75, 3.05) is 12.3 Å². The van der Waals surface area contributed by atoms with Crippen molar-refractivity contribution >= 4 is 40.3 Å². The van der Waals surface area contributed by atoms with Gasteiger partial charge >= 0.3 is 0 Å². The largest absolute Gasteiger partial charge is 0.330 e. The molecule has 0 aliphatic carbocycles. The number of benzene rings is 1. The SMILES string of the molecule is Cn1c(-c2ccccc2)cnc1SCC(=O)N1CCc2sccc2C1c1cccs1. The fourth-order valence-corrected chi connectivity index (χ4v) is 6.55. The highest BCUT2D eigenvalue weighted by molar-refractivity contribution is 7.99. The molecule has 4 aromatic rings. The smallest absolute Gasteiger partial charge is 0.233 e. The summed E-state index contributed by atoms with van der Waals surface area (Å²) < 4.78 is 2.07. The molecule has 152 valence electrons. The van der Waals surface area contributed by atoms with Crippen LogP contribution in [0.2, 0.25) is 0 Å². The zero-order valence-corrected chi connectivity index (χ0v) is 19.0. The van der Waals surface area contributed by atoms with Gasteiger partial charge < -0.3 is 9.47 Å². The Balaban J connectivity index is 1.34. The van der Waals surface area contributed by atoms with Gasteiger partial charge in [-0.3, -0.25) is 4.79 Å². The van der Waals surface area contributed by atoms with Gasteiger partial charge in [-0.15, -0.1) is 22.7 Å². The van der Waals surface area contributed by atoms with Crippen molar-refractivity contribution < 1.29 is 4.79 Å². The molecule has 1 aliphatic heterocycles. The highest BCUT2D eigenvalue weighted by Crippen LogP contribution is 2.40. The van der Waals surface area contributed by atoms with Gasteiger partial charge in [0.05, 0.1) is 23.7 Å². The van der Waals surface area contributed by atoms with Gasteiger partial charge in [0.15, 0.2) is 5.16 Å². The standard InChI is InChI=1S/C23H21N3OS3/c1-25-18(16-6-3-2-4-7-16)14-24-23(25)30-15-21(27)26-11-9-19-17(10-13-29-19)22(26)20-8-5-12-28-20/h2-8,10,12-14,22H,9,11,15H2,1H3. The molecule has 30 heavy (non-hydrogen) atoms. The maximum atomic E-state index is 13.3. The predicted molar refractivity (Wildman–Crippen MR) is 125 cm³/mol. The highest BCUT2D eigenvalue weighted by atomic mass is 32.2. The van der Waals surface area contributed by atoms with Gasteiger partial charge in [-0.25, -0.2) is 4.98 Å². The first-order valence-electron chi connectivity index (χ1n) is 9.81. The summed E-state index contributed by atoms with van der Waals surface area (Å²) in [5.41, 5.74) is 3.47. The number of nitrogens with zero attached hydrogens (tertiary/aromatic N) is 3. The Morgan fingerprint density at radius 3 is 2.80 bits per heavy atom. The van der Waals surface area contributed by atoms with E-state index >= 15 is 0 Å². The van der Waals surface area contributed by atoms with Crippen molar-refractivity contribution in [3.63, 3.8) is 0 Å². The second-order valence-electron chi connectivity index (χ2n) is 7.19. The number of carbonyl (C=O) groups excluding carboxylic acids is 1. The molecule has 1 atom stereocenters. The van der Waals surface area contributed by atoms with Crippen LogP contribution in [0.4, 0.5) is 0 Å². The number of thiophene rings is 2. The molecule has 3 aromatic heterocycles. The normalized spacial score (nSPS) is 15.9. The fourth-order valence-electron chi connectivity index (χ4n) is 3.95. The van der Waals surface area contributed by atoms with Crippen LogP contribution in [0.25, 0.3) is 11.3 Å². The Bertz CT molecular complexity index is 1150. The number of fused-ring (bicyclic) bond motifs is 1. The Morgan fingerprint density at radius 1 is 1.13 bits per heavy atom. The van der Waals surface area contributed by atoms with Gasteiger partial charge in [0, 0.05) is 23.3 Å². The Morgan fingerprint density at radius 2 is 2.00 bits per heavy atom. The minimum Gasteiger partial charge on any atom is -0.330 e. The van der Waals surface area contributed by atoms with E-state index in [1.807, 2.05) is 31.4 Å². The molecule has 1 amide bonds. The average Bonchev–Trinajstić information content (AvgIpc) is 3.53. The zero-order chi connectivity index (χ0) is 20.5. The summed E-state index contributed by atoms with van der Waals surface area (Å²) in [6, 6.07) is 16.6. The Hall–Kier alpha value is -2.35. The monoisotopic (exact) mass is 451 g/mol. The number of rotatable bonds is 5. The van der Waals surface area contributed by atoms with Crippen molar-refractivity contribution in [3.8, 4) is 11.3 Å². The number of hydrogen-bond donors (Lipinski definition) is 0. The second kappa shape index (κ2) is 8.41. The first-order chi connectivity index (χ1) is 14.7. The molecular formula is C23H21N3OS3. The van der Waals surface area contributed by atoms with Gasteiger partial charge in [-0.1, -0.05) is 48.2 Å². The molecule has 0 saturated heterocycles. The fraction of sp³-hybridized carbons (Fsp3) is 0.217. The molecule has 1 aliphatic rings. The lowest BCUT2D eigenvalue weighted by Crippen LogP contribution is -2.40. The van der Waals surface area contributed by atoms with E-state index in [4.69, 9.17) is 0 Å². The van der Waals surface area contributed by atoms with E-state index in [1.54, 1.807) is 22.7 Å². The molecule has 0 radical (unpaired) electrons. The molecule has 0 spiro atoms. The Labute approximate surface area is 188 Å². The number of carbonyl (C=O) groups is 1. The van der Waals surface area contributed by atoms with Crippen molar-refractivity contribution in [3.05, 3.63) is 80.8 Å². The summed E-state index contributed by atoms with van der Waals surface area (Å²) in [5, 5.41) is 5.10. The van der Waals surface area contributed by atoms with E-state index in [-0.39, 0.29) is 11.9 Å². The van der Waals surface area contributed by atoms with E-state index in [1.165, 1.54) is 27.1 Å². The number of aromatic nitrogens is 2. The molecule has 4 heterocycles. The molecule has 7 heteroatoms. The van der Waals surface area contributed by atoms with Crippen LogP contribution in [0.15, 0.2) is 70.6 Å². The molecule has 1 aromatic carbocycles. The zero-order valence-electron chi connectivity index (χ0n) is 16.5. The van der Waals surface area contributed by atoms with Crippen LogP contribution in [0.1, 0.15) is 21.4 Å². The summed E-state index contributed by atoms with van der Waals surface area (Å²) in [5.74, 6) is 0.556. The summed E-state index contributed by atoms with van der Waals surface area (Å²) in [4.78, 5) is 22.5. The lowest BCUT2D eigenvalue weighted by atomic mass is 9.98. The predicted octanol–water partition coefficient (Wildman–Crippen LogP) is 5.48. The minimum atomic E-state index is 0.0364. The Kier molecular flexibility index (Phi) is 5.50. The summed E-state index contributed by atoms with van der Waals surface area (Å²) >= 11 is 5.04. The van der Waals surface area contributed by atoms with E-state index in [2.05, 4.69) is 55.5 Å². The van der Waals surface area contributed by atoms with Gasteiger partial charge in [-0.05, 0) is 40.4 Å². The molecule has 0 saturated carbocycles. The van der Waals surface area contributed by atoms with Gasteiger partial charge in [0.2, 0.25) is 5.91 Å². The molecular weight excluding hydrogens is 430 g/mol. The van der Waals surface area contributed by atoms with Crippen molar-refractivity contribution in [1.82, 2.24) is 14.5 Å². The van der Waals surface area contributed by atoms with Crippen LogP contribution in [0.5, 0.6) is 0 Å². The van der Waals surface area contributed by atoms with E-state index in [0.29, 0.717) is 5.75 Å². The third-order valence-electron chi connectivity index (χ3n) is 5.44. The number of hydrogen-bond acceptors (Lipinski definition) is 5. The minimum absolute atomic E-state index is 0.0364. The molecule has 0 bridgehead atoms. The van der Waals surface area contributed by atoms with Crippen LogP contribution < -0.4 is 0 Å². The maximum absolute atomic E-state index is 13.3. The molecule has 0 fully saturated rings. The molecule has 5 rings (SSSR count). The van der Waals surface area contributed by atoms with Gasteiger partial charge in [0.25, 0.3) is 0 Å². The van der Waals surface area contributed by atoms with Gasteiger partial charge in [0.1, 0.15) is 0 Å². The molecule has 4 nitrogen and oxygen atoms in total. The number of amides is 1. The van der Waals surface area contributed by atoms with Crippen molar-refractivity contribution in [2.24, 2.45) is 7.05 Å². The molecule has 1 unspecified atom stereocenters. The lowest BCUT2D eigenvalue weighted by molar-refractivity contribution is -0.130. The quantitative estimate of drug-likeness (QED) is 0.377. The van der Waals surface area contributed by atoms with Crippen LogP contribution >= 0.6 is 34.4 Å². The first kappa shape index (κ1) is 19.6. The van der Waals surface area contributed by atoms with Crippen molar-refractivity contribution in [1.29, 1.82) is 0 Å². The highest BCUT2D eigenvalue weighted by Gasteiger charge is 2.33. The summed E-state index contributed by atoms with van der Waals surface area (Å²) in [6.45, 7) is 0.769. The van der Waals surface area contributed by atoms with Crippen molar-refractivity contribution in [2.45, 2.75) is 17.6 Å². The van der Waals surface area contributed by atoms with E-state index in [0.717, 1.165) is 29.4 Å². The third-order valence-corrected chi connectivity index (χ3v) is 8.39. The van der Waals surface area contributed by atoms with E-state index < -0.39 is 0 Å². The van der Waals surface area contributed by atoms with Crippen LogP contribution in [0.3, 0.4) is 0 Å². The lowest BCUT2D eigenvalue weighted by Gasteiger charge is -2.35. The van der Waals surface area contributed by atoms with Gasteiger partial charge in [-0.2, -0.15) is 0 Å². The van der Waals surface area contributed by atoms with Crippen LogP contribution in [0, 0.1) is 0 Å². The van der Waals surface area contributed by atoms with Crippen LogP contribution in [-0.4, -0.2) is 32.7 Å². The topological polar surface area (TPSA) is 38.1 Å². The average molecular weight is 452 g/mol. The second-order valence-corrected chi connectivity index (χ2v) is 10.1. The first-order valence-corrected chi connectivity index (χ1v) is 12.6. The number of imidazole rings is 1. The van der Waals surface area contributed by atoms with E-state index in [9.17, 15) is 4.79 Å². The summed E-state index contributed by atoms with van der Waals surface area (Å²) in [6.07, 6.45) is 2.82. The molecule has 0 N–H and O–H groups in total. The van der Waals surface area contributed by atoms with Crippen LogP contribution in [-0.2, 0) is 18.3 Å². The maximum Gasteiger partial charge on any atom is 0.233 e. The summed E-state index contributed by atoms with van der Waals surface area (Å²) in [7, 11) is 2.01.